The lowest BCUT2D eigenvalue weighted by Crippen LogP contribution is -2.48. The van der Waals surface area contributed by atoms with Crippen molar-refractivity contribution in [2.24, 2.45) is 17.3 Å². The van der Waals surface area contributed by atoms with Gasteiger partial charge in [-0.25, -0.2) is 9.87 Å². The number of carbonyl (C=O) groups excluding carboxylic acids is 3. The molecular formula is C28H32FN3O4. The van der Waals surface area contributed by atoms with Crippen molar-refractivity contribution in [3.8, 4) is 0 Å². The number of hydroxylamine groups is 1. The molecule has 3 unspecified atom stereocenters. The van der Waals surface area contributed by atoms with Crippen molar-refractivity contribution in [3.63, 3.8) is 0 Å². The van der Waals surface area contributed by atoms with Crippen molar-refractivity contribution in [1.82, 2.24) is 10.4 Å². The second-order valence-electron chi connectivity index (χ2n) is 9.96. The lowest BCUT2D eigenvalue weighted by Gasteiger charge is -2.37. The lowest BCUT2D eigenvalue weighted by atomic mass is 9.67. The summed E-state index contributed by atoms with van der Waals surface area (Å²) in [7, 11) is 0. The van der Waals surface area contributed by atoms with Crippen molar-refractivity contribution in [1.29, 1.82) is 0 Å². The van der Waals surface area contributed by atoms with Gasteiger partial charge in [0, 0.05) is 24.2 Å². The van der Waals surface area contributed by atoms with E-state index in [9.17, 15) is 19.6 Å². The minimum Gasteiger partial charge on any atom is -0.311 e. The molecule has 2 N–H and O–H groups in total. The number of alkyl halides is 1. The Morgan fingerprint density at radius 3 is 2.58 bits per heavy atom. The minimum atomic E-state index is -1.62. The number of nitrogens with one attached hydrogen (secondary N) is 1. The van der Waals surface area contributed by atoms with E-state index in [0.29, 0.717) is 36.2 Å². The van der Waals surface area contributed by atoms with Gasteiger partial charge in [-0.3, -0.25) is 19.6 Å². The van der Waals surface area contributed by atoms with Gasteiger partial charge >= 0.3 is 0 Å². The van der Waals surface area contributed by atoms with E-state index in [1.54, 1.807) is 40.7 Å². The first-order chi connectivity index (χ1) is 17.2. The normalized spacial score (nSPS) is 22.2. The van der Waals surface area contributed by atoms with E-state index in [0.717, 1.165) is 10.5 Å². The third-order valence-electron chi connectivity index (χ3n) is 7.41. The third-order valence-corrected chi connectivity index (χ3v) is 7.41. The molecule has 0 aromatic heterocycles. The highest BCUT2D eigenvalue weighted by atomic mass is 19.1. The van der Waals surface area contributed by atoms with Crippen LogP contribution in [0.15, 0.2) is 55.1 Å². The second kappa shape index (κ2) is 10.2. The Hall–Kier alpha value is -3.52. The fourth-order valence-electron chi connectivity index (χ4n) is 5.85. The molecule has 0 saturated carbocycles. The molecule has 2 aliphatic heterocycles. The maximum absolute atomic E-state index is 15.2. The summed E-state index contributed by atoms with van der Waals surface area (Å²) in [6, 6.07) is 13.9. The van der Waals surface area contributed by atoms with Crippen molar-refractivity contribution in [2.45, 2.75) is 39.4 Å². The Morgan fingerprint density at radius 2 is 1.92 bits per heavy atom. The number of para-hydroxylation sites is 1. The number of nitrogens with zero attached hydrogens (tertiary/aromatic N) is 2. The fraction of sp³-hybridized carbons (Fsp3) is 0.393. The molecule has 2 aromatic rings. The maximum Gasteiger partial charge on any atom is 0.256 e. The smallest absolute Gasteiger partial charge is 0.256 e. The molecule has 4 rings (SSSR count). The van der Waals surface area contributed by atoms with Crippen LogP contribution < -0.4 is 10.4 Å². The SMILES string of the molecule is C=Cc1ccccc1N1CCC(CC(C)C)(C(CCN2C(=O)c3ccccc3C2F)C(=O)NO)C1=O. The number of fused-ring (bicyclic) bond motifs is 1. The molecule has 0 aliphatic carbocycles. The number of rotatable bonds is 9. The summed E-state index contributed by atoms with van der Waals surface area (Å²) in [4.78, 5) is 42.7. The fourth-order valence-corrected chi connectivity index (χ4v) is 5.85. The number of hydrogen-bond donors (Lipinski definition) is 2. The summed E-state index contributed by atoms with van der Waals surface area (Å²) < 4.78 is 15.2. The van der Waals surface area contributed by atoms with E-state index in [1.165, 1.54) is 0 Å². The van der Waals surface area contributed by atoms with E-state index in [1.807, 2.05) is 38.1 Å². The van der Waals surface area contributed by atoms with Gasteiger partial charge in [0.1, 0.15) is 0 Å². The summed E-state index contributed by atoms with van der Waals surface area (Å²) in [6.45, 7) is 8.12. The van der Waals surface area contributed by atoms with Gasteiger partial charge in [-0.2, -0.15) is 0 Å². The van der Waals surface area contributed by atoms with E-state index in [4.69, 9.17) is 0 Å². The lowest BCUT2D eigenvalue weighted by molar-refractivity contribution is -0.145. The molecule has 1 fully saturated rings. The standard InChI is InChI=1S/C28H32FN3O4/c1-4-19-9-5-8-12-23(19)31-16-14-28(27(31)35,17-18(2)3)22(25(33)30-36)13-15-32-24(29)20-10-6-7-11-21(20)26(32)34/h4-12,18,22,24,36H,1,13-17H2,2-3H3,(H,30,33). The molecule has 0 bridgehead atoms. The summed E-state index contributed by atoms with van der Waals surface area (Å²) >= 11 is 0. The number of carbonyl (C=O) groups is 3. The number of amides is 3. The van der Waals surface area contributed by atoms with Crippen LogP contribution in [0.5, 0.6) is 0 Å². The molecule has 2 aliphatic rings. The highest BCUT2D eigenvalue weighted by Crippen LogP contribution is 2.48. The molecule has 36 heavy (non-hydrogen) atoms. The first kappa shape index (κ1) is 25.6. The molecular weight excluding hydrogens is 461 g/mol. The highest BCUT2D eigenvalue weighted by molar-refractivity contribution is 6.04. The van der Waals surface area contributed by atoms with Crippen LogP contribution in [-0.2, 0) is 9.59 Å². The second-order valence-corrected chi connectivity index (χ2v) is 9.96. The monoisotopic (exact) mass is 493 g/mol. The molecule has 190 valence electrons. The molecule has 0 spiro atoms. The molecule has 7 nitrogen and oxygen atoms in total. The Morgan fingerprint density at radius 1 is 1.22 bits per heavy atom. The molecule has 1 saturated heterocycles. The average molecular weight is 494 g/mol. The topological polar surface area (TPSA) is 90.0 Å². The van der Waals surface area contributed by atoms with Gasteiger partial charge in [-0.05, 0) is 42.9 Å². The molecule has 0 radical (unpaired) electrons. The zero-order valence-electron chi connectivity index (χ0n) is 20.6. The molecule has 2 heterocycles. The Balaban J connectivity index is 1.66. The zero-order valence-corrected chi connectivity index (χ0v) is 20.6. The Labute approximate surface area is 210 Å². The summed E-state index contributed by atoms with van der Waals surface area (Å²) in [6.07, 6.45) is 0.885. The summed E-state index contributed by atoms with van der Waals surface area (Å²) in [5.41, 5.74) is 2.72. The van der Waals surface area contributed by atoms with Gasteiger partial charge in [-0.15, -0.1) is 0 Å². The predicted octanol–water partition coefficient (Wildman–Crippen LogP) is 4.73. The van der Waals surface area contributed by atoms with E-state index < -0.39 is 29.4 Å². The van der Waals surface area contributed by atoms with Crippen LogP contribution in [0.3, 0.4) is 0 Å². The van der Waals surface area contributed by atoms with Gasteiger partial charge in [0.15, 0.2) is 0 Å². The van der Waals surface area contributed by atoms with Crippen molar-refractivity contribution < 1.29 is 24.0 Å². The Bertz CT molecular complexity index is 1180. The molecule has 3 atom stereocenters. The van der Waals surface area contributed by atoms with Crippen LogP contribution >= 0.6 is 0 Å². The third kappa shape index (κ3) is 4.30. The van der Waals surface area contributed by atoms with E-state index in [-0.39, 0.29) is 24.8 Å². The van der Waals surface area contributed by atoms with Crippen LogP contribution in [0.1, 0.15) is 60.9 Å². The van der Waals surface area contributed by atoms with Gasteiger partial charge in [0.05, 0.1) is 17.0 Å². The molecule has 3 amide bonds. The van der Waals surface area contributed by atoms with Gasteiger partial charge in [0.25, 0.3) is 5.91 Å². The minimum absolute atomic E-state index is 0.0297. The van der Waals surface area contributed by atoms with Crippen LogP contribution in [0.2, 0.25) is 0 Å². The first-order valence-electron chi connectivity index (χ1n) is 12.3. The molecule has 2 aromatic carbocycles. The van der Waals surface area contributed by atoms with Crippen molar-refractivity contribution >= 4 is 29.5 Å². The number of hydrogen-bond acceptors (Lipinski definition) is 4. The van der Waals surface area contributed by atoms with Crippen molar-refractivity contribution in [2.75, 3.05) is 18.0 Å². The van der Waals surface area contributed by atoms with E-state index >= 15 is 4.39 Å². The number of benzene rings is 2. The van der Waals surface area contributed by atoms with Crippen LogP contribution in [0.25, 0.3) is 6.08 Å². The highest BCUT2D eigenvalue weighted by Gasteiger charge is 2.55. The zero-order chi connectivity index (χ0) is 26.0. The van der Waals surface area contributed by atoms with E-state index in [2.05, 4.69) is 6.58 Å². The maximum atomic E-state index is 15.2. The number of anilines is 1. The van der Waals surface area contributed by atoms with Gasteiger partial charge < -0.3 is 9.80 Å². The average Bonchev–Trinajstić information content (AvgIpc) is 3.32. The largest absolute Gasteiger partial charge is 0.311 e. The van der Waals surface area contributed by atoms with Crippen LogP contribution in [-0.4, -0.2) is 40.9 Å². The number of halogens is 1. The predicted molar refractivity (Wildman–Crippen MR) is 135 cm³/mol. The summed E-state index contributed by atoms with van der Waals surface area (Å²) in [5, 5.41) is 9.61. The van der Waals surface area contributed by atoms with Gasteiger partial charge in [-0.1, -0.05) is 62.9 Å². The molecule has 8 heteroatoms. The summed E-state index contributed by atoms with van der Waals surface area (Å²) in [5.74, 6) is -2.25. The first-order valence-corrected chi connectivity index (χ1v) is 12.3. The quantitative estimate of drug-likeness (QED) is 0.300. The Kier molecular flexibility index (Phi) is 7.26. The van der Waals surface area contributed by atoms with Crippen LogP contribution in [0.4, 0.5) is 10.1 Å². The van der Waals surface area contributed by atoms with Gasteiger partial charge in [0.2, 0.25) is 18.1 Å². The van der Waals surface area contributed by atoms with Crippen molar-refractivity contribution in [3.05, 3.63) is 71.8 Å². The van der Waals surface area contributed by atoms with Crippen LogP contribution in [0, 0.1) is 17.3 Å².